The van der Waals surface area contributed by atoms with E-state index in [4.69, 9.17) is 11.6 Å². The third kappa shape index (κ3) is 3.05. The summed E-state index contributed by atoms with van der Waals surface area (Å²) in [7, 11) is 1.75. The molecule has 0 aliphatic carbocycles. The van der Waals surface area contributed by atoms with Gasteiger partial charge in [0.05, 0.1) is 17.5 Å². The Hall–Kier alpha value is -2.14. The van der Waals surface area contributed by atoms with Crippen LogP contribution in [0.2, 0.25) is 5.15 Å². The van der Waals surface area contributed by atoms with E-state index in [0.717, 1.165) is 11.3 Å². The van der Waals surface area contributed by atoms with Crippen LogP contribution in [0.5, 0.6) is 0 Å². The summed E-state index contributed by atoms with van der Waals surface area (Å²) in [4.78, 5) is 11.8. The van der Waals surface area contributed by atoms with Crippen molar-refractivity contribution in [3.8, 4) is 0 Å². The van der Waals surface area contributed by atoms with Gasteiger partial charge in [0.15, 0.2) is 0 Å². The lowest BCUT2D eigenvalue weighted by Crippen LogP contribution is -2.17. The third-order valence-electron chi connectivity index (χ3n) is 2.87. The van der Waals surface area contributed by atoms with Crippen LogP contribution >= 0.6 is 11.6 Å². The molecule has 0 atom stereocenters. The number of amides is 1. The van der Waals surface area contributed by atoms with Crippen molar-refractivity contribution < 1.29 is 4.79 Å². The minimum absolute atomic E-state index is 0.265. The zero-order valence-corrected chi connectivity index (χ0v) is 12.3. The molecule has 0 saturated heterocycles. The number of nitrogens with one attached hydrogen (secondary N) is 1. The van der Waals surface area contributed by atoms with E-state index in [9.17, 15) is 4.79 Å². The Morgan fingerprint density at radius 2 is 2.00 bits per heavy atom. The molecule has 0 bridgehead atoms. The SMILES string of the molecule is Cc1ccc(C(=O)NN=Cc2c(C)nn(C)c2Cl)cc1. The number of carbonyl (C=O) groups is 1. The summed E-state index contributed by atoms with van der Waals surface area (Å²) in [5.41, 5.74) is 5.57. The molecular weight excluding hydrogens is 276 g/mol. The van der Waals surface area contributed by atoms with Crippen molar-refractivity contribution in [2.45, 2.75) is 13.8 Å². The molecule has 1 amide bonds. The Morgan fingerprint density at radius 3 is 2.55 bits per heavy atom. The zero-order valence-electron chi connectivity index (χ0n) is 11.5. The Balaban J connectivity index is 2.06. The number of hydrogen-bond acceptors (Lipinski definition) is 3. The van der Waals surface area contributed by atoms with Crippen molar-refractivity contribution in [1.82, 2.24) is 15.2 Å². The number of carbonyl (C=O) groups excluding carboxylic acids is 1. The predicted octanol–water partition coefficient (Wildman–Crippen LogP) is 2.45. The van der Waals surface area contributed by atoms with Crippen LogP contribution in [0.15, 0.2) is 29.4 Å². The zero-order chi connectivity index (χ0) is 14.7. The maximum absolute atomic E-state index is 11.8. The monoisotopic (exact) mass is 290 g/mol. The maximum Gasteiger partial charge on any atom is 0.271 e. The first-order valence-corrected chi connectivity index (χ1v) is 6.46. The van der Waals surface area contributed by atoms with E-state index >= 15 is 0 Å². The van der Waals surface area contributed by atoms with Gasteiger partial charge in [-0.3, -0.25) is 9.48 Å². The lowest BCUT2D eigenvalue weighted by molar-refractivity contribution is 0.0955. The predicted molar refractivity (Wildman–Crippen MR) is 79.2 cm³/mol. The molecule has 0 saturated carbocycles. The number of nitrogens with zero attached hydrogens (tertiary/aromatic N) is 3. The fourth-order valence-electron chi connectivity index (χ4n) is 1.72. The second-order valence-corrected chi connectivity index (χ2v) is 4.84. The largest absolute Gasteiger partial charge is 0.271 e. The van der Waals surface area contributed by atoms with Crippen molar-refractivity contribution in [2.75, 3.05) is 0 Å². The molecule has 5 nitrogen and oxygen atoms in total. The molecule has 0 fully saturated rings. The van der Waals surface area contributed by atoms with Gasteiger partial charge in [-0.25, -0.2) is 5.43 Å². The Bertz CT molecular complexity index is 659. The van der Waals surface area contributed by atoms with Crippen molar-refractivity contribution in [3.05, 3.63) is 51.8 Å². The van der Waals surface area contributed by atoms with Crippen LogP contribution in [-0.2, 0) is 7.05 Å². The second kappa shape index (κ2) is 5.88. The topological polar surface area (TPSA) is 59.3 Å². The Kier molecular flexibility index (Phi) is 4.20. The molecule has 20 heavy (non-hydrogen) atoms. The second-order valence-electron chi connectivity index (χ2n) is 4.48. The van der Waals surface area contributed by atoms with Crippen molar-refractivity contribution >= 4 is 23.7 Å². The summed E-state index contributed by atoms with van der Waals surface area (Å²) in [6.45, 7) is 3.79. The van der Waals surface area contributed by atoms with Gasteiger partial charge in [-0.15, -0.1) is 0 Å². The van der Waals surface area contributed by atoms with Gasteiger partial charge in [-0.1, -0.05) is 29.3 Å². The van der Waals surface area contributed by atoms with Gasteiger partial charge in [0.25, 0.3) is 5.91 Å². The number of aryl methyl sites for hydroxylation is 3. The van der Waals surface area contributed by atoms with Crippen molar-refractivity contribution in [3.63, 3.8) is 0 Å². The summed E-state index contributed by atoms with van der Waals surface area (Å²) >= 11 is 6.06. The highest BCUT2D eigenvalue weighted by Gasteiger charge is 2.09. The first-order valence-electron chi connectivity index (χ1n) is 6.08. The first kappa shape index (κ1) is 14.3. The highest BCUT2D eigenvalue weighted by molar-refractivity contribution is 6.32. The summed E-state index contributed by atoms with van der Waals surface area (Å²) in [6, 6.07) is 7.26. The molecule has 0 aliphatic rings. The van der Waals surface area contributed by atoms with Crippen molar-refractivity contribution in [1.29, 1.82) is 0 Å². The molecule has 2 aromatic rings. The average molecular weight is 291 g/mol. The van der Waals surface area contributed by atoms with Gasteiger partial charge in [0, 0.05) is 12.6 Å². The van der Waals surface area contributed by atoms with Crippen LogP contribution in [0.25, 0.3) is 0 Å². The van der Waals surface area contributed by atoms with Gasteiger partial charge in [-0.2, -0.15) is 10.2 Å². The highest BCUT2D eigenvalue weighted by atomic mass is 35.5. The van der Waals surface area contributed by atoms with Gasteiger partial charge in [0.1, 0.15) is 5.15 Å². The number of hydrazone groups is 1. The molecule has 2 rings (SSSR count). The van der Waals surface area contributed by atoms with E-state index in [1.165, 1.54) is 6.21 Å². The number of aromatic nitrogens is 2. The number of halogens is 1. The molecular formula is C14H15ClN4O. The highest BCUT2D eigenvalue weighted by Crippen LogP contribution is 2.15. The third-order valence-corrected chi connectivity index (χ3v) is 3.32. The maximum atomic E-state index is 11.8. The first-order chi connectivity index (χ1) is 9.49. The van der Waals surface area contributed by atoms with E-state index in [2.05, 4.69) is 15.6 Å². The summed E-state index contributed by atoms with van der Waals surface area (Å²) in [6.07, 6.45) is 1.50. The van der Waals surface area contributed by atoms with Crippen LogP contribution in [0.4, 0.5) is 0 Å². The van der Waals surface area contributed by atoms with Crippen LogP contribution in [0.3, 0.4) is 0 Å². The fraction of sp³-hybridized carbons (Fsp3) is 0.214. The van der Waals surface area contributed by atoms with E-state index in [1.807, 2.05) is 26.0 Å². The van der Waals surface area contributed by atoms with Crippen LogP contribution < -0.4 is 5.43 Å². The standard InChI is InChI=1S/C14H15ClN4O/c1-9-4-6-11(7-5-9)14(20)17-16-8-12-10(2)18-19(3)13(12)15/h4-8H,1-3H3,(H,17,20). The minimum Gasteiger partial charge on any atom is -0.267 e. The summed E-state index contributed by atoms with van der Waals surface area (Å²) in [5.74, 6) is -0.265. The normalized spacial score (nSPS) is 11.0. The molecule has 104 valence electrons. The van der Waals surface area contributed by atoms with E-state index in [0.29, 0.717) is 16.3 Å². The smallest absolute Gasteiger partial charge is 0.267 e. The lowest BCUT2D eigenvalue weighted by atomic mass is 10.1. The summed E-state index contributed by atoms with van der Waals surface area (Å²) < 4.78 is 1.56. The molecule has 0 spiro atoms. The van der Waals surface area contributed by atoms with E-state index < -0.39 is 0 Å². The quantitative estimate of drug-likeness (QED) is 0.697. The Morgan fingerprint density at radius 1 is 1.35 bits per heavy atom. The van der Waals surface area contributed by atoms with E-state index in [1.54, 1.807) is 23.9 Å². The lowest BCUT2D eigenvalue weighted by Gasteiger charge is -2.00. The van der Waals surface area contributed by atoms with Crippen LogP contribution in [0, 0.1) is 13.8 Å². The van der Waals surface area contributed by atoms with Gasteiger partial charge in [-0.05, 0) is 26.0 Å². The van der Waals surface area contributed by atoms with Crippen LogP contribution in [-0.4, -0.2) is 21.9 Å². The van der Waals surface area contributed by atoms with Crippen LogP contribution in [0.1, 0.15) is 27.2 Å². The van der Waals surface area contributed by atoms with E-state index in [-0.39, 0.29) is 5.91 Å². The minimum atomic E-state index is -0.265. The van der Waals surface area contributed by atoms with Gasteiger partial charge < -0.3 is 0 Å². The molecule has 0 unspecified atom stereocenters. The molecule has 1 aromatic carbocycles. The number of benzene rings is 1. The molecule has 1 aromatic heterocycles. The van der Waals surface area contributed by atoms with Crippen molar-refractivity contribution in [2.24, 2.45) is 12.1 Å². The molecule has 0 aliphatic heterocycles. The Labute approximate surface area is 122 Å². The fourth-order valence-corrected chi connectivity index (χ4v) is 1.94. The number of hydrogen-bond donors (Lipinski definition) is 1. The molecule has 1 heterocycles. The summed E-state index contributed by atoms with van der Waals surface area (Å²) in [5, 5.41) is 8.55. The molecule has 6 heteroatoms. The average Bonchev–Trinajstić information content (AvgIpc) is 2.65. The van der Waals surface area contributed by atoms with Gasteiger partial charge >= 0.3 is 0 Å². The van der Waals surface area contributed by atoms with Gasteiger partial charge in [0.2, 0.25) is 0 Å². The number of rotatable bonds is 3. The molecule has 1 N–H and O–H groups in total. The molecule has 0 radical (unpaired) electrons.